The fraction of sp³-hybridized carbons (Fsp3) is 0.409. The minimum Gasteiger partial charge on any atom is -0.387 e. The van der Waals surface area contributed by atoms with Crippen LogP contribution in [0.3, 0.4) is 0 Å². The van der Waals surface area contributed by atoms with Crippen molar-refractivity contribution in [3.05, 3.63) is 54.2 Å². The van der Waals surface area contributed by atoms with Crippen molar-refractivity contribution in [3.63, 3.8) is 0 Å². The van der Waals surface area contributed by atoms with Crippen LogP contribution in [0.4, 0.5) is 0 Å². The molecule has 0 saturated carbocycles. The lowest BCUT2D eigenvalue weighted by molar-refractivity contribution is -0.0445. The number of nitrogens with zero attached hydrogens (tertiary/aromatic N) is 2. The van der Waals surface area contributed by atoms with Gasteiger partial charge in [0.1, 0.15) is 0 Å². The summed E-state index contributed by atoms with van der Waals surface area (Å²) in [6.07, 6.45) is 9.78. The fourth-order valence-corrected chi connectivity index (χ4v) is 4.61. The summed E-state index contributed by atoms with van der Waals surface area (Å²) in [5.41, 5.74) is 2.72. The van der Waals surface area contributed by atoms with Gasteiger partial charge in [0, 0.05) is 18.0 Å². The van der Waals surface area contributed by atoms with Gasteiger partial charge in [-0.1, -0.05) is 24.3 Å². The summed E-state index contributed by atoms with van der Waals surface area (Å²) in [4.78, 5) is 7.08. The summed E-state index contributed by atoms with van der Waals surface area (Å²) in [5.74, 6) is 3.87. The fourth-order valence-electron chi connectivity index (χ4n) is 4.61. The molecule has 0 aliphatic carbocycles. The van der Waals surface area contributed by atoms with Crippen LogP contribution in [0.25, 0.3) is 10.9 Å². The zero-order chi connectivity index (χ0) is 17.4. The molecule has 2 bridgehead atoms. The first-order chi connectivity index (χ1) is 12.2. The van der Waals surface area contributed by atoms with Crippen molar-refractivity contribution >= 4 is 10.9 Å². The SMILES string of the molecule is C#CCc1cc([C@@H](O)[C@@H]2C[C@@H]3CCN2C[C@H]3C=C)c2ccccc2n1. The van der Waals surface area contributed by atoms with Gasteiger partial charge in [-0.25, -0.2) is 0 Å². The van der Waals surface area contributed by atoms with E-state index in [-0.39, 0.29) is 6.04 Å². The maximum atomic E-state index is 11.3. The number of piperidine rings is 3. The molecular weight excluding hydrogens is 308 g/mol. The second-order valence-electron chi connectivity index (χ2n) is 7.29. The van der Waals surface area contributed by atoms with Crippen LogP contribution in [0.2, 0.25) is 0 Å². The highest BCUT2D eigenvalue weighted by molar-refractivity contribution is 5.82. The molecule has 5 atom stereocenters. The molecule has 3 nitrogen and oxygen atoms in total. The van der Waals surface area contributed by atoms with E-state index in [4.69, 9.17) is 6.42 Å². The first kappa shape index (κ1) is 16.3. The van der Waals surface area contributed by atoms with Crippen LogP contribution in [-0.4, -0.2) is 34.1 Å². The number of pyridine rings is 1. The predicted octanol–water partition coefficient (Wildman–Crippen LogP) is 3.34. The summed E-state index contributed by atoms with van der Waals surface area (Å²) in [5, 5.41) is 12.3. The first-order valence-corrected chi connectivity index (χ1v) is 9.08. The first-order valence-electron chi connectivity index (χ1n) is 9.08. The van der Waals surface area contributed by atoms with Crippen molar-refractivity contribution in [2.45, 2.75) is 31.4 Å². The average molecular weight is 332 g/mol. The molecule has 5 rings (SSSR count). The Kier molecular flexibility index (Phi) is 4.33. The van der Waals surface area contributed by atoms with E-state index in [9.17, 15) is 5.11 Å². The number of aliphatic hydroxyl groups is 1. The molecule has 4 heterocycles. The summed E-state index contributed by atoms with van der Waals surface area (Å²) >= 11 is 0. The van der Waals surface area contributed by atoms with E-state index < -0.39 is 6.10 Å². The van der Waals surface area contributed by atoms with E-state index in [0.717, 1.165) is 41.7 Å². The molecule has 3 fully saturated rings. The average Bonchev–Trinajstić information content (AvgIpc) is 2.67. The quantitative estimate of drug-likeness (QED) is 0.689. The van der Waals surface area contributed by atoms with Crippen molar-refractivity contribution in [1.29, 1.82) is 0 Å². The number of aromatic nitrogens is 1. The van der Waals surface area contributed by atoms with E-state index in [1.54, 1.807) is 0 Å². The minimum atomic E-state index is -0.516. The lowest BCUT2D eigenvalue weighted by Gasteiger charge is -2.50. The maximum Gasteiger partial charge on any atom is 0.0952 e. The van der Waals surface area contributed by atoms with Crippen LogP contribution in [-0.2, 0) is 6.42 Å². The Morgan fingerprint density at radius 3 is 3.00 bits per heavy atom. The standard InChI is InChI=1S/C22H24N2O/c1-3-7-17-13-19(18-8-5-6-9-20(18)23-17)22(25)21-12-16-10-11-24(21)14-15(16)4-2/h1,4-6,8-9,13,15-16,21-22,25H,2,7,10-12,14H2/t15-,16+,21+,22-/m1/s1. The van der Waals surface area contributed by atoms with Crippen LogP contribution in [0.15, 0.2) is 43.0 Å². The Bertz CT molecular complexity index is 838. The van der Waals surface area contributed by atoms with Gasteiger partial charge >= 0.3 is 0 Å². The van der Waals surface area contributed by atoms with Gasteiger partial charge in [-0.05, 0) is 48.9 Å². The zero-order valence-electron chi connectivity index (χ0n) is 14.4. The molecule has 1 N–H and O–H groups in total. The number of aliphatic hydroxyl groups excluding tert-OH is 1. The van der Waals surface area contributed by atoms with E-state index in [2.05, 4.69) is 28.5 Å². The van der Waals surface area contributed by atoms with Gasteiger partial charge in [-0.2, -0.15) is 0 Å². The molecule has 3 aliphatic heterocycles. The minimum absolute atomic E-state index is 0.166. The number of benzene rings is 1. The summed E-state index contributed by atoms with van der Waals surface area (Å²) < 4.78 is 0. The molecule has 3 aliphatic rings. The largest absolute Gasteiger partial charge is 0.387 e. The number of rotatable bonds is 4. The molecule has 3 saturated heterocycles. The molecule has 3 heteroatoms. The molecule has 1 aromatic carbocycles. The molecule has 25 heavy (non-hydrogen) atoms. The third kappa shape index (κ3) is 2.86. The number of hydrogen-bond acceptors (Lipinski definition) is 3. The smallest absolute Gasteiger partial charge is 0.0952 e. The number of fused-ring (bicyclic) bond motifs is 4. The van der Waals surface area contributed by atoms with Crippen molar-refractivity contribution in [2.75, 3.05) is 13.1 Å². The van der Waals surface area contributed by atoms with Crippen molar-refractivity contribution in [2.24, 2.45) is 11.8 Å². The van der Waals surface area contributed by atoms with Crippen LogP contribution >= 0.6 is 0 Å². The van der Waals surface area contributed by atoms with E-state index in [0.29, 0.717) is 18.3 Å². The predicted molar refractivity (Wildman–Crippen MR) is 101 cm³/mol. The lowest BCUT2D eigenvalue weighted by Crippen LogP contribution is -2.54. The third-order valence-electron chi connectivity index (χ3n) is 5.92. The van der Waals surface area contributed by atoms with Crippen LogP contribution < -0.4 is 0 Å². The third-order valence-corrected chi connectivity index (χ3v) is 5.92. The molecule has 1 aromatic heterocycles. The molecule has 0 amide bonds. The van der Waals surface area contributed by atoms with E-state index in [1.807, 2.05) is 30.3 Å². The maximum absolute atomic E-state index is 11.3. The molecule has 128 valence electrons. The topological polar surface area (TPSA) is 36.4 Å². The van der Waals surface area contributed by atoms with Crippen molar-refractivity contribution < 1.29 is 5.11 Å². The van der Waals surface area contributed by atoms with E-state index in [1.165, 1.54) is 6.42 Å². The van der Waals surface area contributed by atoms with Gasteiger partial charge in [-0.15, -0.1) is 18.9 Å². The highest BCUT2D eigenvalue weighted by Gasteiger charge is 2.42. The highest BCUT2D eigenvalue weighted by atomic mass is 16.3. The number of terminal acetylenes is 1. The summed E-state index contributed by atoms with van der Waals surface area (Å²) in [6, 6.07) is 10.2. The molecular formula is C22H24N2O. The number of hydrogen-bond donors (Lipinski definition) is 1. The van der Waals surface area contributed by atoms with Crippen molar-refractivity contribution in [1.82, 2.24) is 9.88 Å². The van der Waals surface area contributed by atoms with Gasteiger partial charge < -0.3 is 5.11 Å². The van der Waals surface area contributed by atoms with Gasteiger partial charge in [-0.3, -0.25) is 9.88 Å². The number of para-hydroxylation sites is 1. The summed E-state index contributed by atoms with van der Waals surface area (Å²) in [6.45, 7) is 6.06. The molecule has 0 spiro atoms. The molecule has 1 unspecified atom stereocenters. The Morgan fingerprint density at radius 2 is 2.28 bits per heavy atom. The molecule has 0 radical (unpaired) electrons. The van der Waals surface area contributed by atoms with Gasteiger partial charge in [0.25, 0.3) is 0 Å². The summed E-state index contributed by atoms with van der Waals surface area (Å²) in [7, 11) is 0. The van der Waals surface area contributed by atoms with Gasteiger partial charge in [0.2, 0.25) is 0 Å². The van der Waals surface area contributed by atoms with Gasteiger partial charge in [0.05, 0.1) is 23.7 Å². The zero-order valence-corrected chi connectivity index (χ0v) is 14.4. The van der Waals surface area contributed by atoms with Crippen LogP contribution in [0.1, 0.15) is 30.2 Å². The lowest BCUT2D eigenvalue weighted by atomic mass is 9.73. The van der Waals surface area contributed by atoms with Gasteiger partial charge in [0.15, 0.2) is 0 Å². The Hall–Kier alpha value is -2.15. The Morgan fingerprint density at radius 1 is 1.44 bits per heavy atom. The van der Waals surface area contributed by atoms with Crippen molar-refractivity contribution in [3.8, 4) is 12.3 Å². The highest BCUT2D eigenvalue weighted by Crippen LogP contribution is 2.42. The Labute approximate surface area is 149 Å². The monoisotopic (exact) mass is 332 g/mol. The van der Waals surface area contributed by atoms with E-state index >= 15 is 0 Å². The second kappa shape index (κ2) is 6.63. The van der Waals surface area contributed by atoms with Crippen LogP contribution in [0, 0.1) is 24.2 Å². The second-order valence-corrected chi connectivity index (χ2v) is 7.29. The molecule has 2 aromatic rings. The normalized spacial score (nSPS) is 29.3. The Balaban J connectivity index is 1.72. The van der Waals surface area contributed by atoms with Crippen LogP contribution in [0.5, 0.6) is 0 Å².